The van der Waals surface area contributed by atoms with Crippen molar-refractivity contribution >= 4 is 5.91 Å². The average Bonchev–Trinajstić information content (AvgIpc) is 3.04. The highest BCUT2D eigenvalue weighted by atomic mass is 16.1. The summed E-state index contributed by atoms with van der Waals surface area (Å²) in [7, 11) is 0. The average molecular weight is 238 g/mol. The van der Waals surface area contributed by atoms with E-state index in [1.165, 1.54) is 45.2 Å². The minimum Gasteiger partial charge on any atom is -0.369 e. The van der Waals surface area contributed by atoms with E-state index in [9.17, 15) is 4.79 Å². The Labute approximate surface area is 105 Å². The summed E-state index contributed by atoms with van der Waals surface area (Å²) in [4.78, 5) is 14.0. The van der Waals surface area contributed by atoms with Crippen LogP contribution in [0.1, 0.15) is 51.9 Å². The van der Waals surface area contributed by atoms with Gasteiger partial charge in [0.1, 0.15) is 0 Å². The molecule has 1 heterocycles. The van der Waals surface area contributed by atoms with Crippen LogP contribution < -0.4 is 5.73 Å². The Kier molecular flexibility index (Phi) is 4.08. The molecule has 0 radical (unpaired) electrons. The van der Waals surface area contributed by atoms with Crippen LogP contribution in [0.5, 0.6) is 0 Å². The van der Waals surface area contributed by atoms with E-state index in [0.29, 0.717) is 0 Å². The molecule has 1 amide bonds. The summed E-state index contributed by atoms with van der Waals surface area (Å²) in [6.07, 6.45) is 8.56. The third kappa shape index (κ3) is 3.44. The Hall–Kier alpha value is -0.570. The number of primary amides is 1. The lowest BCUT2D eigenvalue weighted by atomic mass is 9.86. The molecule has 1 atom stereocenters. The van der Waals surface area contributed by atoms with Crippen molar-refractivity contribution < 1.29 is 4.79 Å². The minimum atomic E-state index is -0.0800. The van der Waals surface area contributed by atoms with Crippen LogP contribution in [-0.2, 0) is 4.79 Å². The molecule has 98 valence electrons. The number of rotatable bonds is 6. The van der Waals surface area contributed by atoms with Crippen molar-refractivity contribution in [2.45, 2.75) is 51.9 Å². The van der Waals surface area contributed by atoms with E-state index in [2.05, 4.69) is 11.8 Å². The standard InChI is InChI=1S/C14H26N2O/c1-14(7-8-14)12(13(15)17)6-5-11-16-9-3-2-4-10-16/h12H,2-11H2,1H3,(H2,15,17). The van der Waals surface area contributed by atoms with E-state index in [1.54, 1.807) is 0 Å². The number of hydrogen-bond donors (Lipinski definition) is 1. The van der Waals surface area contributed by atoms with Crippen LogP contribution in [0.3, 0.4) is 0 Å². The summed E-state index contributed by atoms with van der Waals surface area (Å²) in [5.74, 6) is 0.0379. The number of piperidine rings is 1. The second-order valence-corrected chi connectivity index (χ2v) is 6.15. The first kappa shape index (κ1) is 12.9. The summed E-state index contributed by atoms with van der Waals surface area (Å²) < 4.78 is 0. The summed E-state index contributed by atoms with van der Waals surface area (Å²) >= 11 is 0. The van der Waals surface area contributed by atoms with Crippen molar-refractivity contribution in [2.75, 3.05) is 19.6 Å². The lowest BCUT2D eigenvalue weighted by Crippen LogP contribution is -2.33. The number of nitrogens with two attached hydrogens (primary N) is 1. The highest BCUT2D eigenvalue weighted by Gasteiger charge is 2.46. The van der Waals surface area contributed by atoms with Gasteiger partial charge in [0, 0.05) is 5.92 Å². The number of carbonyl (C=O) groups excluding carboxylic acids is 1. The smallest absolute Gasteiger partial charge is 0.221 e. The van der Waals surface area contributed by atoms with Crippen molar-refractivity contribution in [3.05, 3.63) is 0 Å². The number of likely N-dealkylation sites (tertiary alicyclic amines) is 1. The normalized spacial score (nSPS) is 25.5. The Morgan fingerprint density at radius 1 is 1.29 bits per heavy atom. The molecule has 2 aliphatic rings. The fourth-order valence-electron chi connectivity index (χ4n) is 3.08. The van der Waals surface area contributed by atoms with Gasteiger partial charge in [0.2, 0.25) is 5.91 Å². The first-order chi connectivity index (χ1) is 8.12. The monoisotopic (exact) mass is 238 g/mol. The van der Waals surface area contributed by atoms with Crippen LogP contribution in [0.2, 0.25) is 0 Å². The maximum atomic E-state index is 11.5. The van der Waals surface area contributed by atoms with Crippen LogP contribution >= 0.6 is 0 Å². The van der Waals surface area contributed by atoms with Gasteiger partial charge in [-0.05, 0) is 63.6 Å². The van der Waals surface area contributed by atoms with Crippen molar-refractivity contribution in [1.82, 2.24) is 4.90 Å². The summed E-state index contributed by atoms with van der Waals surface area (Å²) in [5.41, 5.74) is 5.77. The first-order valence-corrected chi connectivity index (χ1v) is 7.13. The fraction of sp³-hybridized carbons (Fsp3) is 0.929. The molecule has 0 aromatic carbocycles. The SMILES string of the molecule is CC1(C(CCCN2CCCCC2)C(N)=O)CC1. The Bertz CT molecular complexity index is 267. The maximum absolute atomic E-state index is 11.5. The summed E-state index contributed by atoms with van der Waals surface area (Å²) in [6.45, 7) is 5.86. The van der Waals surface area contributed by atoms with E-state index < -0.39 is 0 Å². The van der Waals surface area contributed by atoms with Crippen molar-refractivity contribution in [3.8, 4) is 0 Å². The largest absolute Gasteiger partial charge is 0.369 e. The number of nitrogens with zero attached hydrogens (tertiary/aromatic N) is 1. The van der Waals surface area contributed by atoms with Crippen LogP contribution in [0.15, 0.2) is 0 Å². The molecule has 1 saturated carbocycles. The van der Waals surface area contributed by atoms with E-state index in [0.717, 1.165) is 19.4 Å². The predicted molar refractivity (Wildman–Crippen MR) is 69.6 cm³/mol. The number of amides is 1. The molecule has 0 spiro atoms. The van der Waals surface area contributed by atoms with E-state index in [4.69, 9.17) is 5.73 Å². The Morgan fingerprint density at radius 2 is 1.94 bits per heavy atom. The summed E-state index contributed by atoms with van der Waals surface area (Å²) in [6, 6.07) is 0. The molecule has 1 aliphatic carbocycles. The van der Waals surface area contributed by atoms with Crippen LogP contribution in [0.4, 0.5) is 0 Å². The Morgan fingerprint density at radius 3 is 2.47 bits per heavy atom. The molecule has 0 aromatic rings. The van der Waals surface area contributed by atoms with Crippen molar-refractivity contribution in [3.63, 3.8) is 0 Å². The third-order valence-electron chi connectivity index (χ3n) is 4.64. The summed E-state index contributed by atoms with van der Waals surface area (Å²) in [5, 5.41) is 0. The molecule has 17 heavy (non-hydrogen) atoms. The van der Waals surface area contributed by atoms with Gasteiger partial charge >= 0.3 is 0 Å². The molecule has 1 saturated heterocycles. The van der Waals surface area contributed by atoms with Gasteiger partial charge in [0.05, 0.1) is 0 Å². The quantitative estimate of drug-likeness (QED) is 0.770. The predicted octanol–water partition coefficient (Wildman–Crippen LogP) is 2.15. The van der Waals surface area contributed by atoms with E-state index >= 15 is 0 Å². The molecular weight excluding hydrogens is 212 g/mol. The van der Waals surface area contributed by atoms with Gasteiger partial charge in [-0.15, -0.1) is 0 Å². The fourth-order valence-corrected chi connectivity index (χ4v) is 3.08. The zero-order chi connectivity index (χ0) is 12.3. The zero-order valence-corrected chi connectivity index (χ0v) is 11.1. The number of carbonyl (C=O) groups is 1. The highest BCUT2D eigenvalue weighted by molar-refractivity contribution is 5.78. The minimum absolute atomic E-state index is 0.0800. The van der Waals surface area contributed by atoms with Crippen molar-refractivity contribution in [1.29, 1.82) is 0 Å². The molecule has 2 rings (SSSR count). The van der Waals surface area contributed by atoms with E-state index in [1.807, 2.05) is 0 Å². The Balaban J connectivity index is 1.70. The topological polar surface area (TPSA) is 46.3 Å². The molecule has 1 aliphatic heterocycles. The molecule has 1 unspecified atom stereocenters. The maximum Gasteiger partial charge on any atom is 0.221 e. The van der Waals surface area contributed by atoms with Crippen LogP contribution in [0.25, 0.3) is 0 Å². The van der Waals surface area contributed by atoms with E-state index in [-0.39, 0.29) is 17.2 Å². The van der Waals surface area contributed by atoms with Gasteiger partial charge in [0.15, 0.2) is 0 Å². The number of hydrogen-bond acceptors (Lipinski definition) is 2. The lowest BCUT2D eigenvalue weighted by molar-refractivity contribution is -0.124. The van der Waals surface area contributed by atoms with Crippen molar-refractivity contribution in [2.24, 2.45) is 17.1 Å². The second-order valence-electron chi connectivity index (χ2n) is 6.15. The van der Waals surface area contributed by atoms with Crippen LogP contribution in [-0.4, -0.2) is 30.4 Å². The molecule has 0 bridgehead atoms. The molecule has 0 aromatic heterocycles. The molecular formula is C14H26N2O. The van der Waals surface area contributed by atoms with Gasteiger partial charge in [0.25, 0.3) is 0 Å². The van der Waals surface area contributed by atoms with Gasteiger partial charge in [-0.3, -0.25) is 4.79 Å². The zero-order valence-electron chi connectivity index (χ0n) is 11.1. The molecule has 2 N–H and O–H groups in total. The highest BCUT2D eigenvalue weighted by Crippen LogP contribution is 2.52. The second kappa shape index (κ2) is 5.38. The van der Waals surface area contributed by atoms with Crippen LogP contribution in [0, 0.1) is 11.3 Å². The van der Waals surface area contributed by atoms with Gasteiger partial charge < -0.3 is 10.6 Å². The lowest BCUT2D eigenvalue weighted by Gasteiger charge is -2.27. The van der Waals surface area contributed by atoms with Gasteiger partial charge in [-0.2, -0.15) is 0 Å². The third-order valence-corrected chi connectivity index (χ3v) is 4.64. The first-order valence-electron chi connectivity index (χ1n) is 7.13. The van der Waals surface area contributed by atoms with Gasteiger partial charge in [-0.1, -0.05) is 13.3 Å². The molecule has 3 heteroatoms. The molecule has 2 fully saturated rings. The molecule has 3 nitrogen and oxygen atoms in total. The van der Waals surface area contributed by atoms with Gasteiger partial charge in [-0.25, -0.2) is 0 Å².